The Morgan fingerprint density at radius 2 is 1.95 bits per heavy atom. The summed E-state index contributed by atoms with van der Waals surface area (Å²) in [6.07, 6.45) is 0.702. The quantitative estimate of drug-likeness (QED) is 0.916. The predicted molar refractivity (Wildman–Crippen MR) is 79.9 cm³/mol. The van der Waals surface area contributed by atoms with Crippen LogP contribution in [0.3, 0.4) is 0 Å². The van der Waals surface area contributed by atoms with Crippen molar-refractivity contribution in [1.82, 2.24) is 5.32 Å². The highest BCUT2D eigenvalue weighted by Crippen LogP contribution is 2.24. The Bertz CT molecular complexity index is 596. The lowest BCUT2D eigenvalue weighted by Crippen LogP contribution is -2.31. The smallest absolute Gasteiger partial charge is 0.224 e. The van der Waals surface area contributed by atoms with E-state index in [2.05, 4.69) is 5.32 Å². The van der Waals surface area contributed by atoms with Crippen LogP contribution in [0.1, 0.15) is 12.0 Å². The minimum absolute atomic E-state index is 0.00525. The molecule has 1 aliphatic rings. The lowest BCUT2D eigenvalue weighted by molar-refractivity contribution is -0.120. The largest absolute Gasteiger partial charge is 0.356 e. The van der Waals surface area contributed by atoms with E-state index in [4.69, 9.17) is 23.2 Å². The van der Waals surface area contributed by atoms with E-state index in [1.807, 2.05) is 0 Å². The average molecular weight is 336 g/mol. The van der Waals surface area contributed by atoms with Crippen LogP contribution in [0.2, 0.25) is 10.0 Å². The van der Waals surface area contributed by atoms with Gasteiger partial charge in [-0.05, 0) is 30.0 Å². The summed E-state index contributed by atoms with van der Waals surface area (Å²) in [4.78, 5) is 11.9. The van der Waals surface area contributed by atoms with E-state index in [1.54, 1.807) is 18.2 Å². The summed E-state index contributed by atoms with van der Waals surface area (Å²) in [5.74, 6) is 0.166. The Hall–Kier alpha value is -0.780. The Balaban J connectivity index is 1.87. The molecule has 1 N–H and O–H groups in total. The number of carbonyl (C=O) groups excluding carboxylic acids is 1. The highest BCUT2D eigenvalue weighted by atomic mass is 35.5. The van der Waals surface area contributed by atoms with Gasteiger partial charge in [-0.2, -0.15) is 0 Å². The van der Waals surface area contributed by atoms with Gasteiger partial charge in [-0.3, -0.25) is 4.79 Å². The number of halogens is 2. The van der Waals surface area contributed by atoms with Crippen LogP contribution in [0.15, 0.2) is 18.2 Å². The van der Waals surface area contributed by atoms with Gasteiger partial charge in [0.1, 0.15) is 0 Å². The molecular weight excluding hydrogens is 321 g/mol. The molecule has 1 amide bonds. The van der Waals surface area contributed by atoms with Crippen LogP contribution < -0.4 is 5.32 Å². The van der Waals surface area contributed by atoms with Crippen molar-refractivity contribution in [2.45, 2.75) is 12.8 Å². The fourth-order valence-electron chi connectivity index (χ4n) is 2.22. The molecule has 1 aromatic rings. The SMILES string of the molecule is O=C(Cc1c(Cl)cccc1Cl)NCC1CCS(=O)(=O)C1. The second-order valence-electron chi connectivity index (χ2n) is 4.95. The van der Waals surface area contributed by atoms with Crippen molar-refractivity contribution in [3.05, 3.63) is 33.8 Å². The number of nitrogens with one attached hydrogen (secondary N) is 1. The van der Waals surface area contributed by atoms with Crippen LogP contribution >= 0.6 is 23.2 Å². The maximum atomic E-state index is 11.9. The second kappa shape index (κ2) is 6.33. The molecule has 1 aromatic carbocycles. The molecule has 1 unspecified atom stereocenters. The standard InChI is InChI=1S/C13H15Cl2NO3S/c14-11-2-1-3-12(15)10(11)6-13(17)16-7-9-4-5-20(18,19)8-9/h1-3,9H,4-8H2,(H,16,17). The molecule has 110 valence electrons. The van der Waals surface area contributed by atoms with E-state index in [1.165, 1.54) is 0 Å². The van der Waals surface area contributed by atoms with Crippen LogP contribution in [0.5, 0.6) is 0 Å². The molecule has 0 spiro atoms. The first-order chi connectivity index (χ1) is 9.37. The molecule has 0 aromatic heterocycles. The summed E-state index contributed by atoms with van der Waals surface area (Å²) >= 11 is 12.0. The van der Waals surface area contributed by atoms with Gasteiger partial charge in [0.25, 0.3) is 0 Å². The van der Waals surface area contributed by atoms with Gasteiger partial charge < -0.3 is 5.32 Å². The van der Waals surface area contributed by atoms with Crippen molar-refractivity contribution < 1.29 is 13.2 Å². The fraction of sp³-hybridized carbons (Fsp3) is 0.462. The number of benzene rings is 1. The third-order valence-electron chi connectivity index (χ3n) is 3.31. The third kappa shape index (κ3) is 4.11. The Kier molecular flexibility index (Phi) is 4.94. The van der Waals surface area contributed by atoms with Gasteiger partial charge in [0, 0.05) is 16.6 Å². The molecule has 0 radical (unpaired) electrons. The number of hydrogen-bond acceptors (Lipinski definition) is 3. The summed E-state index contributed by atoms with van der Waals surface area (Å²) in [6.45, 7) is 0.375. The maximum Gasteiger partial charge on any atom is 0.224 e. The molecule has 1 atom stereocenters. The zero-order valence-electron chi connectivity index (χ0n) is 10.7. The average Bonchev–Trinajstić information content (AvgIpc) is 2.71. The van der Waals surface area contributed by atoms with Crippen LogP contribution in [-0.2, 0) is 21.1 Å². The first-order valence-corrected chi connectivity index (χ1v) is 8.85. The molecule has 0 bridgehead atoms. The Labute approximate surface area is 128 Å². The predicted octanol–water partition coefficient (Wildman–Crippen LogP) is 2.09. The first kappa shape index (κ1) is 15.6. The molecule has 1 heterocycles. The number of amides is 1. The number of rotatable bonds is 4. The van der Waals surface area contributed by atoms with E-state index >= 15 is 0 Å². The Morgan fingerprint density at radius 3 is 2.50 bits per heavy atom. The minimum atomic E-state index is -2.91. The van der Waals surface area contributed by atoms with Crippen LogP contribution in [0, 0.1) is 5.92 Å². The van der Waals surface area contributed by atoms with Gasteiger partial charge in [-0.1, -0.05) is 29.3 Å². The van der Waals surface area contributed by atoms with Crippen molar-refractivity contribution in [3.63, 3.8) is 0 Å². The lowest BCUT2D eigenvalue weighted by Gasteiger charge is -2.11. The molecule has 1 aliphatic heterocycles. The number of carbonyl (C=O) groups is 1. The van der Waals surface area contributed by atoms with Gasteiger partial charge >= 0.3 is 0 Å². The van der Waals surface area contributed by atoms with Crippen LogP contribution in [-0.4, -0.2) is 32.4 Å². The van der Waals surface area contributed by atoms with Crippen LogP contribution in [0.4, 0.5) is 0 Å². The van der Waals surface area contributed by atoms with Crippen molar-refractivity contribution in [1.29, 1.82) is 0 Å². The van der Waals surface area contributed by atoms with Gasteiger partial charge in [0.15, 0.2) is 9.84 Å². The minimum Gasteiger partial charge on any atom is -0.356 e. The Morgan fingerprint density at radius 1 is 1.30 bits per heavy atom. The summed E-state index contributed by atoms with van der Waals surface area (Å²) in [7, 11) is -2.91. The molecule has 1 saturated heterocycles. The lowest BCUT2D eigenvalue weighted by atomic mass is 10.1. The van der Waals surface area contributed by atoms with E-state index < -0.39 is 9.84 Å². The van der Waals surface area contributed by atoms with Gasteiger partial charge in [0.2, 0.25) is 5.91 Å². The topological polar surface area (TPSA) is 63.2 Å². The van der Waals surface area contributed by atoms with Crippen molar-refractivity contribution >= 4 is 38.9 Å². The second-order valence-corrected chi connectivity index (χ2v) is 7.99. The monoisotopic (exact) mass is 335 g/mol. The molecule has 0 aliphatic carbocycles. The van der Waals surface area contributed by atoms with Crippen molar-refractivity contribution in [2.24, 2.45) is 5.92 Å². The molecule has 20 heavy (non-hydrogen) atoms. The summed E-state index contributed by atoms with van der Waals surface area (Å²) < 4.78 is 22.6. The zero-order chi connectivity index (χ0) is 14.8. The molecule has 0 saturated carbocycles. The van der Waals surface area contributed by atoms with Crippen molar-refractivity contribution in [3.8, 4) is 0 Å². The molecular formula is C13H15Cl2NO3S. The molecule has 4 nitrogen and oxygen atoms in total. The van der Waals surface area contributed by atoms with E-state index in [0.717, 1.165) is 0 Å². The van der Waals surface area contributed by atoms with E-state index in [-0.39, 0.29) is 29.8 Å². The molecule has 7 heteroatoms. The zero-order valence-corrected chi connectivity index (χ0v) is 13.1. The van der Waals surface area contributed by atoms with E-state index in [9.17, 15) is 13.2 Å². The normalized spacial score (nSPS) is 20.8. The van der Waals surface area contributed by atoms with Crippen molar-refractivity contribution in [2.75, 3.05) is 18.1 Å². The number of hydrogen-bond donors (Lipinski definition) is 1. The van der Waals surface area contributed by atoms with Gasteiger partial charge in [-0.25, -0.2) is 8.42 Å². The maximum absolute atomic E-state index is 11.9. The first-order valence-electron chi connectivity index (χ1n) is 6.27. The summed E-state index contributed by atoms with van der Waals surface area (Å²) in [6, 6.07) is 5.08. The molecule has 1 fully saturated rings. The van der Waals surface area contributed by atoms with Gasteiger partial charge in [-0.15, -0.1) is 0 Å². The van der Waals surface area contributed by atoms with Crippen LogP contribution in [0.25, 0.3) is 0 Å². The number of sulfone groups is 1. The van der Waals surface area contributed by atoms with E-state index in [0.29, 0.717) is 28.6 Å². The highest BCUT2D eigenvalue weighted by Gasteiger charge is 2.27. The highest BCUT2D eigenvalue weighted by molar-refractivity contribution is 7.91. The third-order valence-corrected chi connectivity index (χ3v) is 5.86. The van der Waals surface area contributed by atoms with Gasteiger partial charge in [0.05, 0.1) is 17.9 Å². The fourth-order valence-corrected chi connectivity index (χ4v) is 4.61. The summed E-state index contributed by atoms with van der Waals surface area (Å²) in [5.41, 5.74) is 0.590. The molecule has 2 rings (SSSR count). The summed E-state index contributed by atoms with van der Waals surface area (Å²) in [5, 5.41) is 3.65.